The van der Waals surface area contributed by atoms with Crippen molar-refractivity contribution in [3.05, 3.63) is 48.0 Å². The van der Waals surface area contributed by atoms with E-state index in [0.29, 0.717) is 18.8 Å². The molecule has 8 heteroatoms. The molecule has 0 unspecified atom stereocenters. The Labute approximate surface area is 179 Å². The van der Waals surface area contributed by atoms with Crippen molar-refractivity contribution in [3.63, 3.8) is 0 Å². The van der Waals surface area contributed by atoms with Crippen molar-refractivity contribution >= 4 is 23.1 Å². The Bertz CT molecular complexity index is 866. The van der Waals surface area contributed by atoms with Crippen LogP contribution in [0.4, 0.5) is 24.5 Å². The lowest BCUT2D eigenvalue weighted by atomic mass is 10.1. The zero-order chi connectivity index (χ0) is 21.1. The molecule has 0 atom stereocenters. The average molecular weight is 437 g/mol. The van der Waals surface area contributed by atoms with Gasteiger partial charge in [-0.25, -0.2) is 0 Å². The van der Waals surface area contributed by atoms with Crippen molar-refractivity contribution in [1.29, 1.82) is 0 Å². The van der Waals surface area contributed by atoms with E-state index in [0.717, 1.165) is 61.2 Å². The minimum atomic E-state index is -4.34. The molecule has 4 nitrogen and oxygen atoms in total. The normalized spacial score (nSPS) is 17.7. The smallest absolute Gasteiger partial charge is 0.340 e. The van der Waals surface area contributed by atoms with Gasteiger partial charge in [0, 0.05) is 55.6 Å². The summed E-state index contributed by atoms with van der Waals surface area (Å²) in [4.78, 5) is 8.83. The van der Waals surface area contributed by atoms with Crippen molar-refractivity contribution in [2.24, 2.45) is 5.73 Å². The lowest BCUT2D eigenvalue weighted by Gasteiger charge is -2.36. The minimum Gasteiger partial charge on any atom is -0.340 e. The highest BCUT2D eigenvalue weighted by Gasteiger charge is 2.33. The summed E-state index contributed by atoms with van der Waals surface area (Å²) in [5.74, 6) is 0. The first kappa shape index (κ1) is 21.5. The predicted octanol–water partition coefficient (Wildman–Crippen LogP) is 4.27. The number of nitrogens with zero attached hydrogens (tertiary/aromatic N) is 3. The van der Waals surface area contributed by atoms with Crippen LogP contribution in [0.1, 0.15) is 12.0 Å². The maximum Gasteiger partial charge on any atom is 0.416 e. The highest BCUT2D eigenvalue weighted by Crippen LogP contribution is 2.49. The SMILES string of the molecule is NCCN1CCN(CCCN2c3ccccc3Sc3ccc(C(F)(F)F)cc32)CC1. The third kappa shape index (κ3) is 4.77. The highest BCUT2D eigenvalue weighted by molar-refractivity contribution is 7.99. The number of anilines is 2. The van der Waals surface area contributed by atoms with Crippen molar-refractivity contribution in [3.8, 4) is 0 Å². The molecule has 2 N–H and O–H groups in total. The van der Waals surface area contributed by atoms with Crippen LogP contribution in [0.15, 0.2) is 52.3 Å². The monoisotopic (exact) mass is 436 g/mol. The zero-order valence-electron chi connectivity index (χ0n) is 16.9. The van der Waals surface area contributed by atoms with E-state index in [1.54, 1.807) is 6.07 Å². The minimum absolute atomic E-state index is 0.595. The van der Waals surface area contributed by atoms with Gasteiger partial charge in [-0.05, 0) is 43.3 Å². The maximum atomic E-state index is 13.3. The van der Waals surface area contributed by atoms with Crippen molar-refractivity contribution < 1.29 is 13.2 Å². The Morgan fingerprint density at radius 2 is 1.50 bits per heavy atom. The Morgan fingerprint density at radius 1 is 0.833 bits per heavy atom. The molecule has 0 aliphatic carbocycles. The van der Waals surface area contributed by atoms with Crippen molar-refractivity contribution in [1.82, 2.24) is 9.80 Å². The number of alkyl halides is 3. The summed E-state index contributed by atoms with van der Waals surface area (Å²) in [6.45, 7) is 7.34. The molecule has 2 aliphatic heterocycles. The van der Waals surface area contributed by atoms with Gasteiger partial charge in [0.2, 0.25) is 0 Å². The number of fused-ring (bicyclic) bond motifs is 2. The fourth-order valence-electron chi connectivity index (χ4n) is 4.12. The summed E-state index contributed by atoms with van der Waals surface area (Å²) in [6, 6.07) is 12.0. The molecule has 162 valence electrons. The fraction of sp³-hybridized carbons (Fsp3) is 0.455. The van der Waals surface area contributed by atoms with Crippen LogP contribution in [0.2, 0.25) is 0 Å². The molecule has 2 heterocycles. The number of hydrogen-bond acceptors (Lipinski definition) is 5. The van der Waals surface area contributed by atoms with Gasteiger partial charge in [0.05, 0.1) is 16.9 Å². The highest BCUT2D eigenvalue weighted by atomic mass is 32.2. The van der Waals surface area contributed by atoms with Crippen LogP contribution >= 0.6 is 11.8 Å². The molecule has 4 rings (SSSR count). The first-order valence-corrected chi connectivity index (χ1v) is 11.2. The van der Waals surface area contributed by atoms with Crippen molar-refractivity contribution in [2.75, 3.05) is 57.3 Å². The zero-order valence-corrected chi connectivity index (χ0v) is 17.7. The molecule has 0 spiro atoms. The first-order valence-electron chi connectivity index (χ1n) is 10.4. The van der Waals surface area contributed by atoms with E-state index < -0.39 is 11.7 Å². The van der Waals surface area contributed by atoms with Crippen LogP contribution in [-0.2, 0) is 6.18 Å². The molecular formula is C22H27F3N4S. The van der Waals surface area contributed by atoms with E-state index in [4.69, 9.17) is 5.73 Å². The molecule has 0 aromatic heterocycles. The van der Waals surface area contributed by atoms with Gasteiger partial charge in [-0.3, -0.25) is 4.90 Å². The lowest BCUT2D eigenvalue weighted by molar-refractivity contribution is -0.137. The number of hydrogen-bond donors (Lipinski definition) is 1. The Hall–Kier alpha value is -1.74. The Balaban J connectivity index is 1.47. The van der Waals surface area contributed by atoms with Crippen LogP contribution < -0.4 is 10.6 Å². The van der Waals surface area contributed by atoms with E-state index in [9.17, 15) is 13.2 Å². The lowest BCUT2D eigenvalue weighted by Crippen LogP contribution is -2.48. The quantitative estimate of drug-likeness (QED) is 0.732. The Morgan fingerprint density at radius 3 is 2.20 bits per heavy atom. The van der Waals surface area contributed by atoms with Gasteiger partial charge in [-0.2, -0.15) is 13.2 Å². The number of rotatable bonds is 6. The largest absolute Gasteiger partial charge is 0.416 e. The second-order valence-electron chi connectivity index (χ2n) is 7.73. The molecule has 2 aromatic rings. The average Bonchev–Trinajstić information content (AvgIpc) is 2.73. The summed E-state index contributed by atoms with van der Waals surface area (Å²) in [5, 5.41) is 0. The van der Waals surface area contributed by atoms with Gasteiger partial charge in [-0.15, -0.1) is 0 Å². The number of halogens is 3. The summed E-state index contributed by atoms with van der Waals surface area (Å²) in [6.07, 6.45) is -3.45. The molecule has 0 saturated carbocycles. The van der Waals surface area contributed by atoms with E-state index in [-0.39, 0.29) is 0 Å². The third-order valence-corrected chi connectivity index (χ3v) is 6.85. The number of piperazine rings is 1. The van der Waals surface area contributed by atoms with Crippen LogP contribution in [0.3, 0.4) is 0 Å². The van der Waals surface area contributed by atoms with Crippen LogP contribution in [-0.4, -0.2) is 62.2 Å². The maximum absolute atomic E-state index is 13.3. The number of para-hydroxylation sites is 1. The van der Waals surface area contributed by atoms with Crippen LogP contribution in [0.5, 0.6) is 0 Å². The molecule has 1 saturated heterocycles. The van der Waals surface area contributed by atoms with Gasteiger partial charge in [0.25, 0.3) is 0 Å². The molecule has 30 heavy (non-hydrogen) atoms. The molecule has 2 aromatic carbocycles. The summed E-state index contributed by atoms with van der Waals surface area (Å²) in [7, 11) is 0. The van der Waals surface area contributed by atoms with Gasteiger partial charge >= 0.3 is 6.18 Å². The summed E-state index contributed by atoms with van der Waals surface area (Å²) >= 11 is 1.54. The molecule has 1 fully saturated rings. The van der Waals surface area contributed by atoms with Gasteiger partial charge < -0.3 is 15.5 Å². The van der Waals surface area contributed by atoms with Crippen LogP contribution in [0, 0.1) is 0 Å². The van der Waals surface area contributed by atoms with E-state index >= 15 is 0 Å². The van der Waals surface area contributed by atoms with Crippen molar-refractivity contribution in [2.45, 2.75) is 22.4 Å². The predicted molar refractivity (Wildman–Crippen MR) is 116 cm³/mol. The first-order chi connectivity index (χ1) is 14.5. The van der Waals surface area contributed by atoms with Crippen LogP contribution in [0.25, 0.3) is 0 Å². The third-order valence-electron chi connectivity index (χ3n) is 5.72. The molecule has 0 amide bonds. The van der Waals surface area contributed by atoms with Gasteiger partial charge in [0.1, 0.15) is 0 Å². The topological polar surface area (TPSA) is 35.7 Å². The van der Waals surface area contributed by atoms with E-state index in [2.05, 4.69) is 14.7 Å². The van der Waals surface area contributed by atoms with E-state index in [1.165, 1.54) is 23.9 Å². The standard InChI is InChI=1S/C22H27F3N4S/c23-22(24,25)17-6-7-21-19(16-17)29(18-4-1-2-5-20(18)30-21)10-3-9-27-12-14-28(11-8-26)15-13-27/h1-2,4-7,16H,3,8-15,26H2. The number of nitrogens with two attached hydrogens (primary N) is 1. The molecule has 0 radical (unpaired) electrons. The fourth-order valence-corrected chi connectivity index (χ4v) is 5.19. The van der Waals surface area contributed by atoms with E-state index in [1.807, 2.05) is 24.3 Å². The molecular weight excluding hydrogens is 409 g/mol. The second kappa shape index (κ2) is 9.18. The molecule has 0 bridgehead atoms. The second-order valence-corrected chi connectivity index (χ2v) is 8.81. The Kier molecular flexibility index (Phi) is 6.57. The summed E-state index contributed by atoms with van der Waals surface area (Å²) in [5.41, 5.74) is 6.69. The number of benzene rings is 2. The molecule has 2 aliphatic rings. The van der Waals surface area contributed by atoms with Gasteiger partial charge in [0.15, 0.2) is 0 Å². The van der Waals surface area contributed by atoms with Gasteiger partial charge in [-0.1, -0.05) is 23.9 Å². The summed E-state index contributed by atoms with van der Waals surface area (Å²) < 4.78 is 40.0.